The van der Waals surface area contributed by atoms with Crippen LogP contribution in [-0.2, 0) is 38.0 Å². The highest BCUT2D eigenvalue weighted by atomic mass is 35.5. The Morgan fingerprint density at radius 2 is 1.31 bits per heavy atom. The zero-order valence-electron chi connectivity index (χ0n) is 40.0. The Kier molecular flexibility index (Phi) is 25.9. The van der Waals surface area contributed by atoms with Crippen LogP contribution in [0, 0.1) is 0 Å². The average molecular weight is 1010 g/mol. The molecule has 1 fully saturated rings. The fraction of sp³-hybridized carbons (Fsp3) is 0.490. The molecule has 5 rings (SSSR count). The monoisotopic (exact) mass is 1010 g/mol. The number of benzene rings is 2. The predicted octanol–water partition coefficient (Wildman–Crippen LogP) is 6.19. The molecule has 1 aliphatic rings. The molecule has 0 radical (unpaired) electrons. The highest BCUT2D eigenvalue weighted by Gasteiger charge is 2.28. The largest absolute Gasteiger partial charge is 0.457 e. The molecule has 0 bridgehead atoms. The minimum Gasteiger partial charge on any atom is -0.457 e. The summed E-state index contributed by atoms with van der Waals surface area (Å²) in [7, 11) is 0. The first-order valence-electron chi connectivity index (χ1n) is 23.8. The number of para-hydroxylation sites is 1. The number of aromatic nitrogens is 4. The lowest BCUT2D eigenvalue weighted by Gasteiger charge is -2.32. The number of amides is 4. The van der Waals surface area contributed by atoms with Gasteiger partial charge in [-0.2, -0.15) is 5.10 Å². The number of anilines is 1. The van der Waals surface area contributed by atoms with Gasteiger partial charge in [0.05, 0.1) is 57.7 Å². The molecule has 2 aromatic heterocycles. The van der Waals surface area contributed by atoms with Crippen molar-refractivity contribution in [3.05, 3.63) is 85.2 Å². The molecule has 71 heavy (non-hydrogen) atoms. The quantitative estimate of drug-likeness (QED) is 0.0140. The van der Waals surface area contributed by atoms with Crippen molar-refractivity contribution < 1.29 is 57.1 Å². The molecule has 5 N–H and O–H groups in total. The number of nitrogens with two attached hydrogens (primary N) is 1. The second-order valence-corrected chi connectivity index (χ2v) is 16.1. The van der Waals surface area contributed by atoms with Gasteiger partial charge in [0.15, 0.2) is 5.65 Å². The van der Waals surface area contributed by atoms with E-state index in [2.05, 4.69) is 25.9 Å². The molecule has 0 aliphatic carbocycles. The lowest BCUT2D eigenvalue weighted by atomic mass is 10.1. The van der Waals surface area contributed by atoms with Crippen molar-refractivity contribution in [2.45, 2.75) is 44.6 Å². The van der Waals surface area contributed by atoms with E-state index in [0.29, 0.717) is 80.2 Å². The van der Waals surface area contributed by atoms with Crippen LogP contribution in [0.15, 0.2) is 85.2 Å². The van der Waals surface area contributed by atoms with E-state index in [1.807, 2.05) is 59.3 Å². The summed E-state index contributed by atoms with van der Waals surface area (Å²) in [6, 6.07) is 16.9. The van der Waals surface area contributed by atoms with Crippen molar-refractivity contribution in [1.29, 1.82) is 0 Å². The topological polar surface area (TPSA) is 251 Å². The first kappa shape index (κ1) is 55.4. The zero-order valence-corrected chi connectivity index (χ0v) is 40.8. The smallest absolute Gasteiger partial charge is 0.407 e. The van der Waals surface area contributed by atoms with Gasteiger partial charge in [0.25, 0.3) is 0 Å². The lowest BCUT2D eigenvalue weighted by Crippen LogP contribution is -2.40. The Morgan fingerprint density at radius 3 is 2.01 bits per heavy atom. The third kappa shape index (κ3) is 21.2. The Bertz CT molecular complexity index is 2250. The van der Waals surface area contributed by atoms with Gasteiger partial charge in [-0.25, -0.2) is 29.0 Å². The van der Waals surface area contributed by atoms with Gasteiger partial charge < -0.3 is 64.5 Å². The normalized spacial score (nSPS) is 13.6. The molecular formula is C49H66ClN9O12. The minimum absolute atomic E-state index is 0.0353. The molecule has 21 nitrogen and oxygen atoms in total. The molecule has 3 heterocycles. The second-order valence-electron chi connectivity index (χ2n) is 15.8. The van der Waals surface area contributed by atoms with Crippen LogP contribution in [0.4, 0.5) is 20.2 Å². The molecule has 4 amide bonds. The molecule has 1 aliphatic heterocycles. The number of alkyl halides is 1. The standard InChI is InChI=1S/C49H66ClN9O12/c50-20-6-1-2-7-25-64-30-31-65-29-23-54-49(63)70-35-34-67-33-32-66-28-22-53-48(62)69-27-9-8-26-68-47(61)52-21-10-15-42(60)58-24-11-12-39(36-58)59-46-43(45(51)55-37-56-46)44(57-59)38-16-18-41(19-17-38)71-40-13-4-3-5-14-40/h3-5,8-10,13-19,37,39H,1-2,6-7,11-12,20-36H2,(H,52,61)(H,53,62)(H,54,63)(H2,51,55,56)/b9-8+,15-10+/t39-/m1/s1. The van der Waals surface area contributed by atoms with Crippen molar-refractivity contribution in [3.63, 3.8) is 0 Å². The van der Waals surface area contributed by atoms with Gasteiger partial charge in [-0.1, -0.05) is 37.1 Å². The molecular weight excluding hydrogens is 942 g/mol. The van der Waals surface area contributed by atoms with E-state index in [0.717, 1.165) is 49.8 Å². The first-order valence-corrected chi connectivity index (χ1v) is 24.4. The summed E-state index contributed by atoms with van der Waals surface area (Å²) in [6.45, 7) is 4.63. The number of rotatable bonds is 32. The fourth-order valence-corrected chi connectivity index (χ4v) is 7.19. The summed E-state index contributed by atoms with van der Waals surface area (Å²) in [5.41, 5.74) is 8.41. The summed E-state index contributed by atoms with van der Waals surface area (Å²) in [5.74, 6) is 2.22. The SMILES string of the molecule is Nc1ncnc2c1c(-c1ccc(Oc3ccccc3)cc1)nn2[C@@H]1CCCN(C(=O)/C=C/CNC(=O)OC/C=C/COC(=O)NCCOCCOCCOC(=O)NCCOCCOCCCCCCCl)C1. The molecule has 0 unspecified atom stereocenters. The van der Waals surface area contributed by atoms with Gasteiger partial charge in [-0.3, -0.25) is 4.79 Å². The highest BCUT2D eigenvalue weighted by Crippen LogP contribution is 2.35. The maximum Gasteiger partial charge on any atom is 0.407 e. The second kappa shape index (κ2) is 33.1. The number of halogens is 1. The number of likely N-dealkylation sites (tertiary alicyclic amines) is 1. The number of carbonyl (C=O) groups excluding carboxylic acids is 4. The van der Waals surface area contributed by atoms with E-state index >= 15 is 0 Å². The summed E-state index contributed by atoms with van der Waals surface area (Å²) < 4.78 is 44.7. The summed E-state index contributed by atoms with van der Waals surface area (Å²) >= 11 is 5.66. The zero-order chi connectivity index (χ0) is 50.1. The molecule has 1 atom stereocenters. The van der Waals surface area contributed by atoms with Crippen LogP contribution >= 0.6 is 11.6 Å². The summed E-state index contributed by atoms with van der Waals surface area (Å²) in [6.07, 6.45) is 11.4. The van der Waals surface area contributed by atoms with Crippen molar-refractivity contribution in [2.75, 3.05) is 117 Å². The number of nitrogen functional groups attached to an aromatic ring is 1. The Labute approximate surface area is 418 Å². The first-order chi connectivity index (χ1) is 34.8. The van der Waals surface area contributed by atoms with E-state index < -0.39 is 18.3 Å². The number of hydrogen-bond acceptors (Lipinski definition) is 16. The molecule has 22 heteroatoms. The third-order valence-electron chi connectivity index (χ3n) is 10.5. The molecule has 0 saturated carbocycles. The number of alkyl carbamates (subject to hydrolysis) is 3. The van der Waals surface area contributed by atoms with E-state index in [9.17, 15) is 19.2 Å². The van der Waals surface area contributed by atoms with Crippen LogP contribution in [0.1, 0.15) is 44.6 Å². The van der Waals surface area contributed by atoms with Crippen LogP contribution in [0.2, 0.25) is 0 Å². The van der Waals surface area contributed by atoms with Crippen molar-refractivity contribution >= 4 is 52.6 Å². The number of carbonyl (C=O) groups is 4. The van der Waals surface area contributed by atoms with Crippen molar-refractivity contribution in [2.24, 2.45) is 0 Å². The van der Waals surface area contributed by atoms with Gasteiger partial charge in [0.2, 0.25) is 5.91 Å². The summed E-state index contributed by atoms with van der Waals surface area (Å²) in [5, 5.41) is 13.3. The summed E-state index contributed by atoms with van der Waals surface area (Å²) in [4.78, 5) is 59.5. The van der Waals surface area contributed by atoms with E-state index in [-0.39, 0.29) is 71.3 Å². The number of nitrogens with zero attached hydrogens (tertiary/aromatic N) is 5. The van der Waals surface area contributed by atoms with Crippen molar-refractivity contribution in [3.8, 4) is 22.8 Å². The van der Waals surface area contributed by atoms with Crippen LogP contribution in [-0.4, -0.2) is 160 Å². The van der Waals surface area contributed by atoms with Crippen LogP contribution in [0.25, 0.3) is 22.3 Å². The Morgan fingerprint density at radius 1 is 0.690 bits per heavy atom. The van der Waals surface area contributed by atoms with Crippen LogP contribution in [0.5, 0.6) is 11.5 Å². The highest BCUT2D eigenvalue weighted by molar-refractivity contribution is 6.17. The van der Waals surface area contributed by atoms with Gasteiger partial charge in [-0.15, -0.1) is 11.6 Å². The van der Waals surface area contributed by atoms with Crippen molar-refractivity contribution in [1.82, 2.24) is 40.6 Å². The maximum atomic E-state index is 13.2. The fourth-order valence-electron chi connectivity index (χ4n) is 7.00. The Hall–Kier alpha value is -6.52. The third-order valence-corrected chi connectivity index (χ3v) is 10.8. The molecule has 1 saturated heterocycles. The van der Waals surface area contributed by atoms with Crippen LogP contribution in [0.3, 0.4) is 0 Å². The van der Waals surface area contributed by atoms with E-state index in [4.69, 9.17) is 60.3 Å². The van der Waals surface area contributed by atoms with Gasteiger partial charge in [-0.05, 0) is 74.2 Å². The number of nitrogens with one attached hydrogen (secondary N) is 3. The van der Waals surface area contributed by atoms with E-state index in [1.54, 1.807) is 11.0 Å². The molecule has 386 valence electrons. The van der Waals surface area contributed by atoms with Crippen LogP contribution < -0.4 is 26.4 Å². The van der Waals surface area contributed by atoms with E-state index in [1.165, 1.54) is 24.6 Å². The molecule has 0 spiro atoms. The Balaban J connectivity index is 0.848. The van der Waals surface area contributed by atoms with Gasteiger partial charge in [0, 0.05) is 56.9 Å². The number of piperidine rings is 1. The number of ether oxygens (including phenoxy) is 8. The predicted molar refractivity (Wildman–Crippen MR) is 265 cm³/mol. The average Bonchev–Trinajstić information content (AvgIpc) is 3.78. The lowest BCUT2D eigenvalue weighted by molar-refractivity contribution is -0.127. The molecule has 4 aromatic rings. The maximum absolute atomic E-state index is 13.2. The van der Waals surface area contributed by atoms with Gasteiger partial charge in [0.1, 0.15) is 49.2 Å². The molecule has 2 aromatic carbocycles. The number of fused-ring (bicyclic) bond motifs is 1. The van der Waals surface area contributed by atoms with Gasteiger partial charge >= 0.3 is 18.3 Å². The number of hydrogen-bond donors (Lipinski definition) is 4. The number of unbranched alkanes of at least 4 members (excludes halogenated alkanes) is 3. The minimum atomic E-state index is -0.679.